The van der Waals surface area contributed by atoms with Crippen LogP contribution < -0.4 is 16.0 Å². The molecule has 4 rings (SSSR count). The van der Waals surface area contributed by atoms with Crippen LogP contribution in [0, 0.1) is 6.92 Å². The van der Waals surface area contributed by atoms with E-state index in [4.69, 9.17) is 15.2 Å². The molecule has 2 heterocycles. The maximum absolute atomic E-state index is 13.7. The highest BCUT2D eigenvalue weighted by Crippen LogP contribution is 2.41. The molecule has 2 aromatic carbocycles. The van der Waals surface area contributed by atoms with Gasteiger partial charge in [-0.2, -0.15) is 0 Å². The summed E-state index contributed by atoms with van der Waals surface area (Å²) in [5.74, 6) is -0.965. The van der Waals surface area contributed by atoms with E-state index in [0.29, 0.717) is 24.3 Å². The van der Waals surface area contributed by atoms with Gasteiger partial charge >= 0.3 is 5.97 Å². The predicted octanol–water partition coefficient (Wildman–Crippen LogP) is 3.27. The molecule has 0 aliphatic carbocycles. The molecule has 0 saturated heterocycles. The Morgan fingerprint density at radius 3 is 2.39 bits per heavy atom. The van der Waals surface area contributed by atoms with Gasteiger partial charge in [-0.3, -0.25) is 4.79 Å². The molecule has 1 aromatic heterocycles. The van der Waals surface area contributed by atoms with Crippen LogP contribution >= 0.6 is 0 Å². The molecule has 2 N–H and O–H groups in total. The average Bonchev–Trinajstić information content (AvgIpc) is 2.78. The largest absolute Gasteiger partial charge is 0.465 e. The first kappa shape index (κ1) is 20.5. The number of esters is 1. The average molecular weight is 416 g/mol. The van der Waals surface area contributed by atoms with Crippen LogP contribution in [0.25, 0.3) is 0 Å². The number of carbonyl (C=O) groups is 1. The van der Waals surface area contributed by atoms with Gasteiger partial charge in [-0.15, -0.1) is 0 Å². The first-order valence-corrected chi connectivity index (χ1v) is 10.1. The summed E-state index contributed by atoms with van der Waals surface area (Å²) in [6.45, 7) is 2.37. The molecule has 1 aliphatic heterocycles. The molecule has 0 bridgehead atoms. The smallest absolute Gasteiger partial charge is 0.340 e. The molecule has 0 radical (unpaired) electrons. The topological polar surface area (TPSA) is 83.5 Å². The Hall–Kier alpha value is -3.80. The van der Waals surface area contributed by atoms with Crippen molar-refractivity contribution in [3.63, 3.8) is 0 Å². The Morgan fingerprint density at radius 1 is 1.10 bits per heavy atom. The van der Waals surface area contributed by atoms with Crippen molar-refractivity contribution in [2.24, 2.45) is 5.73 Å². The van der Waals surface area contributed by atoms with E-state index >= 15 is 0 Å². The van der Waals surface area contributed by atoms with Gasteiger partial charge in [-0.05, 0) is 24.5 Å². The Labute approximate surface area is 180 Å². The summed E-state index contributed by atoms with van der Waals surface area (Å²) in [6.07, 6.45) is 0.707. The zero-order chi connectivity index (χ0) is 22.0. The van der Waals surface area contributed by atoms with Gasteiger partial charge in [0.15, 0.2) is 0 Å². The number of ether oxygens (including phenoxy) is 2. The Balaban J connectivity index is 1.85. The van der Waals surface area contributed by atoms with Crippen LogP contribution in [0.2, 0.25) is 0 Å². The highest BCUT2D eigenvalue weighted by atomic mass is 16.5. The number of hydrogen-bond acceptors (Lipinski definition) is 5. The van der Waals surface area contributed by atoms with Crippen molar-refractivity contribution in [1.29, 1.82) is 0 Å². The number of rotatable bonds is 5. The van der Waals surface area contributed by atoms with Crippen LogP contribution in [-0.4, -0.2) is 17.6 Å². The van der Waals surface area contributed by atoms with E-state index in [0.717, 1.165) is 16.8 Å². The lowest BCUT2D eigenvalue weighted by Crippen LogP contribution is -2.35. The lowest BCUT2D eigenvalue weighted by molar-refractivity contribution is -0.136. The SMILES string of the molecule is COC(=O)C1=C(N)Oc2cc(C)n(CCc3ccccc3)c(=O)c2[C@@H]1c1ccccc1. The van der Waals surface area contributed by atoms with Crippen LogP contribution in [0.4, 0.5) is 0 Å². The van der Waals surface area contributed by atoms with Crippen LogP contribution in [-0.2, 0) is 22.5 Å². The number of pyridine rings is 1. The number of hydrogen-bond donors (Lipinski definition) is 1. The van der Waals surface area contributed by atoms with Gasteiger partial charge in [0.1, 0.15) is 11.3 Å². The molecular weight excluding hydrogens is 392 g/mol. The third kappa shape index (κ3) is 3.84. The zero-order valence-corrected chi connectivity index (χ0v) is 17.5. The van der Waals surface area contributed by atoms with Gasteiger partial charge < -0.3 is 19.8 Å². The molecule has 3 aromatic rings. The highest BCUT2D eigenvalue weighted by Gasteiger charge is 2.38. The second kappa shape index (κ2) is 8.52. The second-order valence-corrected chi connectivity index (χ2v) is 7.47. The minimum absolute atomic E-state index is 0.0472. The molecule has 1 aliphatic rings. The van der Waals surface area contributed by atoms with Gasteiger partial charge in [-0.25, -0.2) is 4.79 Å². The molecule has 0 amide bonds. The van der Waals surface area contributed by atoms with Gasteiger partial charge in [-0.1, -0.05) is 60.7 Å². The maximum Gasteiger partial charge on any atom is 0.340 e. The Morgan fingerprint density at radius 2 is 1.74 bits per heavy atom. The summed E-state index contributed by atoms with van der Waals surface area (Å²) >= 11 is 0. The minimum Gasteiger partial charge on any atom is -0.465 e. The third-order valence-electron chi connectivity index (χ3n) is 5.57. The predicted molar refractivity (Wildman–Crippen MR) is 118 cm³/mol. The molecule has 1 atom stereocenters. The fourth-order valence-electron chi connectivity index (χ4n) is 4.04. The van der Waals surface area contributed by atoms with E-state index in [1.54, 1.807) is 10.6 Å². The third-order valence-corrected chi connectivity index (χ3v) is 5.57. The summed E-state index contributed by atoms with van der Waals surface area (Å²) in [5.41, 5.74) is 9.12. The summed E-state index contributed by atoms with van der Waals surface area (Å²) in [5, 5.41) is 0. The first-order chi connectivity index (χ1) is 15.0. The molecule has 0 unspecified atom stereocenters. The van der Waals surface area contributed by atoms with E-state index in [1.165, 1.54) is 7.11 Å². The van der Waals surface area contributed by atoms with Crippen molar-refractivity contribution < 1.29 is 14.3 Å². The van der Waals surface area contributed by atoms with E-state index in [-0.39, 0.29) is 17.0 Å². The van der Waals surface area contributed by atoms with Crippen molar-refractivity contribution in [3.8, 4) is 5.75 Å². The van der Waals surface area contributed by atoms with Crippen molar-refractivity contribution in [3.05, 3.63) is 111 Å². The van der Waals surface area contributed by atoms with Crippen molar-refractivity contribution in [2.45, 2.75) is 25.8 Å². The lowest BCUT2D eigenvalue weighted by Gasteiger charge is -2.29. The van der Waals surface area contributed by atoms with Crippen LogP contribution in [0.3, 0.4) is 0 Å². The quantitative estimate of drug-likeness (QED) is 0.646. The number of aromatic nitrogens is 1. The standard InChI is InChI=1S/C25H24N2O4/c1-16-15-19-21(24(28)27(16)14-13-17-9-5-3-6-10-17)20(18-11-7-4-8-12-18)22(23(26)31-19)25(29)30-2/h3-12,15,20H,13-14,26H2,1-2H3/t20-/m0/s1. The molecule has 0 spiro atoms. The Bertz CT molecular complexity index is 1200. The molecule has 31 heavy (non-hydrogen) atoms. The van der Waals surface area contributed by atoms with Crippen molar-refractivity contribution in [2.75, 3.05) is 7.11 Å². The number of methoxy groups -OCH3 is 1. The first-order valence-electron chi connectivity index (χ1n) is 10.1. The van der Waals surface area contributed by atoms with Gasteiger partial charge in [0, 0.05) is 18.3 Å². The highest BCUT2D eigenvalue weighted by molar-refractivity contribution is 5.92. The van der Waals surface area contributed by atoms with Crippen LogP contribution in [0.1, 0.15) is 28.3 Å². The van der Waals surface area contributed by atoms with Crippen molar-refractivity contribution in [1.82, 2.24) is 4.57 Å². The molecule has 0 fully saturated rings. The number of aryl methyl sites for hydroxylation is 2. The van der Waals surface area contributed by atoms with Gasteiger partial charge in [0.05, 0.1) is 18.6 Å². The number of nitrogens with two attached hydrogens (primary N) is 1. The van der Waals surface area contributed by atoms with Gasteiger partial charge in [0.25, 0.3) is 5.56 Å². The summed E-state index contributed by atoms with van der Waals surface area (Å²) < 4.78 is 12.4. The van der Waals surface area contributed by atoms with E-state index in [1.807, 2.05) is 67.6 Å². The van der Waals surface area contributed by atoms with E-state index in [2.05, 4.69) is 0 Å². The molecule has 0 saturated carbocycles. The molecule has 6 heteroatoms. The zero-order valence-electron chi connectivity index (χ0n) is 17.5. The normalized spacial score (nSPS) is 15.2. The fourth-order valence-corrected chi connectivity index (χ4v) is 4.04. The summed E-state index contributed by atoms with van der Waals surface area (Å²) in [6, 6.07) is 21.1. The van der Waals surface area contributed by atoms with Crippen molar-refractivity contribution >= 4 is 5.97 Å². The van der Waals surface area contributed by atoms with E-state index in [9.17, 15) is 9.59 Å². The fraction of sp³-hybridized carbons (Fsp3) is 0.200. The van der Waals surface area contributed by atoms with Crippen LogP contribution in [0.15, 0.2) is 83.0 Å². The Kier molecular flexibility index (Phi) is 5.62. The minimum atomic E-state index is -0.673. The second-order valence-electron chi connectivity index (χ2n) is 7.47. The molecule has 6 nitrogen and oxygen atoms in total. The molecule has 158 valence electrons. The monoisotopic (exact) mass is 416 g/mol. The number of fused-ring (bicyclic) bond motifs is 1. The summed E-state index contributed by atoms with van der Waals surface area (Å²) in [4.78, 5) is 26.3. The van der Waals surface area contributed by atoms with Crippen LogP contribution in [0.5, 0.6) is 5.75 Å². The number of benzene rings is 2. The lowest BCUT2D eigenvalue weighted by atomic mass is 9.83. The number of nitrogens with zero attached hydrogens (tertiary/aromatic N) is 1. The number of carbonyl (C=O) groups excluding carboxylic acids is 1. The molecular formula is C25H24N2O4. The van der Waals surface area contributed by atoms with Gasteiger partial charge in [0.2, 0.25) is 5.88 Å². The van der Waals surface area contributed by atoms with E-state index < -0.39 is 11.9 Å². The maximum atomic E-state index is 13.7. The summed E-state index contributed by atoms with van der Waals surface area (Å²) in [7, 11) is 1.29.